The van der Waals surface area contributed by atoms with Crippen LogP contribution in [0, 0.1) is 5.92 Å². The third kappa shape index (κ3) is 2.92. The zero-order valence-corrected chi connectivity index (χ0v) is 9.37. The maximum Gasteiger partial charge on any atom is 0.223 e. The first-order chi connectivity index (χ1) is 7.25. The van der Waals surface area contributed by atoms with Gasteiger partial charge in [0.05, 0.1) is 12.7 Å². The van der Waals surface area contributed by atoms with Crippen LogP contribution in [0.2, 0.25) is 0 Å². The number of carbonyl (C=O) groups is 1. The van der Waals surface area contributed by atoms with E-state index in [-0.39, 0.29) is 17.9 Å². The Morgan fingerprint density at radius 2 is 2.33 bits per heavy atom. The molecular formula is C11H20N2O2. The molecule has 15 heavy (non-hydrogen) atoms. The fourth-order valence-electron chi connectivity index (χ4n) is 2.02. The fourth-order valence-corrected chi connectivity index (χ4v) is 2.02. The number of rotatable bonds is 3. The highest BCUT2D eigenvalue weighted by molar-refractivity contribution is 5.79. The van der Waals surface area contributed by atoms with Crippen molar-refractivity contribution in [3.8, 4) is 0 Å². The lowest BCUT2D eigenvalue weighted by molar-refractivity contribution is -0.128. The molecule has 1 saturated heterocycles. The Hall–Kier alpha value is -0.610. The quantitative estimate of drug-likeness (QED) is 0.728. The SMILES string of the molecule is CN1CCOC(CNC(=O)C2CCC2)C1. The van der Waals surface area contributed by atoms with E-state index in [0.717, 1.165) is 32.5 Å². The van der Waals surface area contributed by atoms with E-state index in [2.05, 4.69) is 17.3 Å². The third-order valence-corrected chi connectivity index (χ3v) is 3.32. The van der Waals surface area contributed by atoms with Crippen molar-refractivity contribution in [2.45, 2.75) is 25.4 Å². The molecule has 86 valence electrons. The summed E-state index contributed by atoms with van der Waals surface area (Å²) in [5, 5.41) is 2.98. The first-order valence-corrected chi connectivity index (χ1v) is 5.83. The van der Waals surface area contributed by atoms with Crippen molar-refractivity contribution in [2.24, 2.45) is 5.92 Å². The average Bonchev–Trinajstić information content (AvgIpc) is 2.12. The maximum atomic E-state index is 11.6. The van der Waals surface area contributed by atoms with E-state index >= 15 is 0 Å². The summed E-state index contributed by atoms with van der Waals surface area (Å²) < 4.78 is 5.57. The maximum absolute atomic E-state index is 11.6. The van der Waals surface area contributed by atoms with E-state index in [1.807, 2.05) is 0 Å². The lowest BCUT2D eigenvalue weighted by Crippen LogP contribution is -2.47. The minimum absolute atomic E-state index is 0.174. The molecule has 1 unspecified atom stereocenters. The summed E-state index contributed by atoms with van der Waals surface area (Å²) in [5.41, 5.74) is 0. The summed E-state index contributed by atoms with van der Waals surface area (Å²) in [6.45, 7) is 3.36. The second kappa shape index (κ2) is 4.94. The average molecular weight is 212 g/mol. The van der Waals surface area contributed by atoms with Gasteiger partial charge in [-0.05, 0) is 19.9 Å². The minimum atomic E-state index is 0.174. The zero-order chi connectivity index (χ0) is 10.7. The number of nitrogens with zero attached hydrogens (tertiary/aromatic N) is 1. The molecule has 2 fully saturated rings. The minimum Gasteiger partial charge on any atom is -0.374 e. The highest BCUT2D eigenvalue weighted by Gasteiger charge is 2.26. The summed E-state index contributed by atoms with van der Waals surface area (Å²) in [6.07, 6.45) is 3.52. The number of amides is 1. The second-order valence-electron chi connectivity index (χ2n) is 4.63. The summed E-state index contributed by atoms with van der Waals surface area (Å²) in [5.74, 6) is 0.504. The summed E-state index contributed by atoms with van der Waals surface area (Å²) in [4.78, 5) is 13.8. The molecule has 0 aromatic rings. The molecule has 1 heterocycles. The van der Waals surface area contributed by atoms with Gasteiger partial charge in [0.2, 0.25) is 5.91 Å². The van der Waals surface area contributed by atoms with Crippen molar-refractivity contribution in [1.82, 2.24) is 10.2 Å². The first-order valence-electron chi connectivity index (χ1n) is 5.83. The molecule has 1 amide bonds. The predicted octanol–water partition coefficient (Wildman–Crippen LogP) is 0.233. The molecule has 2 rings (SSSR count). The van der Waals surface area contributed by atoms with Crippen LogP contribution < -0.4 is 5.32 Å². The summed E-state index contributed by atoms with van der Waals surface area (Å²) in [6, 6.07) is 0. The van der Waals surface area contributed by atoms with E-state index < -0.39 is 0 Å². The van der Waals surface area contributed by atoms with E-state index in [0.29, 0.717) is 6.54 Å². The largest absolute Gasteiger partial charge is 0.374 e. The smallest absolute Gasteiger partial charge is 0.223 e. The lowest BCUT2D eigenvalue weighted by Gasteiger charge is -2.31. The molecule has 4 nitrogen and oxygen atoms in total. The Labute approximate surface area is 91.0 Å². The van der Waals surface area contributed by atoms with Crippen molar-refractivity contribution in [3.63, 3.8) is 0 Å². The molecule has 0 aromatic heterocycles. The van der Waals surface area contributed by atoms with Gasteiger partial charge in [-0.3, -0.25) is 4.79 Å². The van der Waals surface area contributed by atoms with Gasteiger partial charge in [-0.25, -0.2) is 0 Å². The monoisotopic (exact) mass is 212 g/mol. The van der Waals surface area contributed by atoms with Crippen molar-refractivity contribution in [1.29, 1.82) is 0 Å². The van der Waals surface area contributed by atoms with Crippen LogP contribution in [-0.4, -0.2) is 50.2 Å². The zero-order valence-electron chi connectivity index (χ0n) is 9.37. The van der Waals surface area contributed by atoms with E-state index in [4.69, 9.17) is 4.74 Å². The van der Waals surface area contributed by atoms with Gasteiger partial charge in [0.15, 0.2) is 0 Å². The van der Waals surface area contributed by atoms with Crippen LogP contribution in [0.25, 0.3) is 0 Å². The van der Waals surface area contributed by atoms with E-state index in [9.17, 15) is 4.79 Å². The highest BCUT2D eigenvalue weighted by Crippen LogP contribution is 2.26. The molecule has 1 aliphatic carbocycles. The van der Waals surface area contributed by atoms with Crippen molar-refractivity contribution in [3.05, 3.63) is 0 Å². The van der Waals surface area contributed by atoms with Crippen molar-refractivity contribution >= 4 is 5.91 Å². The Bertz CT molecular complexity index is 229. The molecule has 1 N–H and O–H groups in total. The van der Waals surface area contributed by atoms with Crippen molar-refractivity contribution < 1.29 is 9.53 Å². The van der Waals surface area contributed by atoms with Crippen LogP contribution in [0.15, 0.2) is 0 Å². The fraction of sp³-hybridized carbons (Fsp3) is 0.909. The normalized spacial score (nSPS) is 28.5. The molecule has 0 bridgehead atoms. The van der Waals surface area contributed by atoms with Gasteiger partial charge in [0, 0.05) is 25.6 Å². The van der Waals surface area contributed by atoms with Gasteiger partial charge in [-0.15, -0.1) is 0 Å². The molecule has 2 aliphatic rings. The molecule has 4 heteroatoms. The third-order valence-electron chi connectivity index (χ3n) is 3.32. The van der Waals surface area contributed by atoms with Gasteiger partial charge < -0.3 is 15.0 Å². The van der Waals surface area contributed by atoms with E-state index in [1.54, 1.807) is 0 Å². The number of ether oxygens (including phenoxy) is 1. The summed E-state index contributed by atoms with van der Waals surface area (Å²) in [7, 11) is 2.09. The highest BCUT2D eigenvalue weighted by atomic mass is 16.5. The van der Waals surface area contributed by atoms with E-state index in [1.165, 1.54) is 6.42 Å². The molecule has 0 aromatic carbocycles. The summed E-state index contributed by atoms with van der Waals surface area (Å²) >= 11 is 0. The second-order valence-corrected chi connectivity index (χ2v) is 4.63. The van der Waals surface area contributed by atoms with Crippen molar-refractivity contribution in [2.75, 3.05) is 33.3 Å². The molecule has 1 atom stereocenters. The molecule has 1 aliphatic heterocycles. The van der Waals surface area contributed by atoms with Crippen LogP contribution >= 0.6 is 0 Å². The van der Waals surface area contributed by atoms with Crippen LogP contribution in [0.4, 0.5) is 0 Å². The number of carbonyl (C=O) groups excluding carboxylic acids is 1. The van der Waals surface area contributed by atoms with Gasteiger partial charge in [0.1, 0.15) is 0 Å². The predicted molar refractivity (Wildman–Crippen MR) is 57.6 cm³/mol. The van der Waals surface area contributed by atoms with Gasteiger partial charge >= 0.3 is 0 Å². The Kier molecular flexibility index (Phi) is 3.59. The first kappa shape index (κ1) is 10.9. The Morgan fingerprint density at radius 1 is 1.53 bits per heavy atom. The van der Waals surface area contributed by atoms with Crippen LogP contribution in [0.1, 0.15) is 19.3 Å². The van der Waals surface area contributed by atoms with Gasteiger partial charge in [-0.1, -0.05) is 6.42 Å². The Balaban J connectivity index is 1.65. The topological polar surface area (TPSA) is 41.6 Å². The molecule has 1 saturated carbocycles. The van der Waals surface area contributed by atoms with Gasteiger partial charge in [-0.2, -0.15) is 0 Å². The number of hydrogen-bond acceptors (Lipinski definition) is 3. The van der Waals surface area contributed by atoms with Crippen LogP contribution in [0.5, 0.6) is 0 Å². The van der Waals surface area contributed by atoms with Crippen LogP contribution in [0.3, 0.4) is 0 Å². The standard InChI is InChI=1S/C11H20N2O2/c1-13-5-6-15-10(8-13)7-12-11(14)9-3-2-4-9/h9-10H,2-8H2,1H3,(H,12,14). The lowest BCUT2D eigenvalue weighted by atomic mass is 9.85. The molecular weight excluding hydrogens is 192 g/mol. The molecule has 0 radical (unpaired) electrons. The van der Waals surface area contributed by atoms with Crippen LogP contribution in [-0.2, 0) is 9.53 Å². The molecule has 0 spiro atoms. The number of nitrogens with one attached hydrogen (secondary N) is 1. The number of likely N-dealkylation sites (N-methyl/N-ethyl adjacent to an activating group) is 1. The van der Waals surface area contributed by atoms with Gasteiger partial charge in [0.25, 0.3) is 0 Å². The Morgan fingerprint density at radius 3 is 2.93 bits per heavy atom. The number of morpholine rings is 1. The number of hydrogen-bond donors (Lipinski definition) is 1.